The molecule has 0 aromatic heterocycles. The van der Waals surface area contributed by atoms with Crippen LogP contribution in [0, 0.1) is 11.8 Å². The van der Waals surface area contributed by atoms with Crippen molar-refractivity contribution >= 4 is 29.2 Å². The third kappa shape index (κ3) is 4.08. The SMILES string of the molecule is CCOC(=O)[C@H]1[C@H]2C(=O)N(CCCO)C(C(=O)Nc3ccc(N(CC)CC)cc3)C23CC[C@]1(C)O3. The summed E-state index contributed by atoms with van der Waals surface area (Å²) < 4.78 is 11.8. The number of anilines is 2. The molecule has 1 aromatic carbocycles. The second-order valence-corrected chi connectivity index (χ2v) is 9.80. The molecule has 3 aliphatic heterocycles. The number of fused-ring (bicyclic) bond motifs is 1. The first-order chi connectivity index (χ1) is 16.8. The Bertz CT molecular complexity index is 964. The minimum Gasteiger partial charge on any atom is -0.466 e. The molecule has 0 saturated carbocycles. The number of aliphatic hydroxyl groups excluding tert-OH is 1. The number of ether oxygens (including phenoxy) is 2. The molecule has 0 radical (unpaired) electrons. The number of hydrogen-bond acceptors (Lipinski definition) is 7. The van der Waals surface area contributed by atoms with Crippen LogP contribution in [0.1, 0.15) is 47.0 Å². The van der Waals surface area contributed by atoms with E-state index >= 15 is 0 Å². The summed E-state index contributed by atoms with van der Waals surface area (Å²) in [7, 11) is 0. The van der Waals surface area contributed by atoms with Gasteiger partial charge in [-0.15, -0.1) is 0 Å². The Kier molecular flexibility index (Phi) is 7.11. The van der Waals surface area contributed by atoms with Gasteiger partial charge in [0.1, 0.15) is 17.6 Å². The molecule has 0 aliphatic carbocycles. The first-order valence-electron chi connectivity index (χ1n) is 12.7. The second kappa shape index (κ2) is 9.78. The quantitative estimate of drug-likeness (QED) is 0.487. The molecule has 3 fully saturated rings. The van der Waals surface area contributed by atoms with Crippen LogP contribution < -0.4 is 10.2 Å². The zero-order valence-electron chi connectivity index (χ0n) is 21.1. The third-order valence-electron chi connectivity index (χ3n) is 7.89. The predicted molar refractivity (Wildman–Crippen MR) is 131 cm³/mol. The molecule has 35 heavy (non-hydrogen) atoms. The Balaban J connectivity index is 1.64. The lowest BCUT2D eigenvalue weighted by molar-refractivity contribution is -0.159. The maximum Gasteiger partial charge on any atom is 0.312 e. The van der Waals surface area contributed by atoms with Crippen LogP contribution >= 0.6 is 0 Å². The van der Waals surface area contributed by atoms with E-state index in [4.69, 9.17) is 9.47 Å². The molecule has 1 spiro atoms. The molecule has 192 valence electrons. The average Bonchev–Trinajstić information content (AvgIpc) is 3.40. The lowest BCUT2D eigenvalue weighted by Gasteiger charge is -2.33. The first kappa shape index (κ1) is 25.4. The lowest BCUT2D eigenvalue weighted by Crippen LogP contribution is -2.53. The highest BCUT2D eigenvalue weighted by atomic mass is 16.6. The first-order valence-corrected chi connectivity index (χ1v) is 12.7. The van der Waals surface area contributed by atoms with Crippen molar-refractivity contribution in [3.8, 4) is 0 Å². The maximum absolute atomic E-state index is 13.7. The van der Waals surface area contributed by atoms with Gasteiger partial charge < -0.3 is 29.7 Å². The largest absolute Gasteiger partial charge is 0.466 e. The van der Waals surface area contributed by atoms with Crippen molar-refractivity contribution in [1.82, 2.24) is 4.90 Å². The standard InChI is InChI=1S/C26H37N3O6/c1-5-28(6-2)18-11-9-17(10-12-18)27-22(31)21-26-14-13-25(4,35-26)20(24(33)34-7-3)19(26)23(32)29(21)15-8-16-30/h9-12,19-21,30H,5-8,13-16H2,1-4H3,(H,27,31)/t19-,20+,21?,25-,26?/m0/s1. The van der Waals surface area contributed by atoms with Crippen molar-refractivity contribution < 1.29 is 29.0 Å². The number of carbonyl (C=O) groups excluding carboxylic acids is 3. The molecule has 5 atom stereocenters. The fourth-order valence-electron chi connectivity index (χ4n) is 6.35. The number of hydrogen-bond donors (Lipinski definition) is 2. The van der Waals surface area contributed by atoms with E-state index in [2.05, 4.69) is 24.1 Å². The van der Waals surface area contributed by atoms with E-state index in [9.17, 15) is 19.5 Å². The van der Waals surface area contributed by atoms with E-state index in [1.807, 2.05) is 31.2 Å². The Hall–Kier alpha value is -2.65. The van der Waals surface area contributed by atoms with Gasteiger partial charge in [0.05, 0.1) is 18.1 Å². The molecule has 2 amide bonds. The number of nitrogens with one attached hydrogen (secondary N) is 1. The van der Waals surface area contributed by atoms with E-state index in [0.29, 0.717) is 24.9 Å². The molecule has 3 saturated heterocycles. The molecule has 2 N–H and O–H groups in total. The Morgan fingerprint density at radius 1 is 1.20 bits per heavy atom. The molecule has 1 aromatic rings. The predicted octanol–water partition coefficient (Wildman–Crippen LogP) is 2.18. The van der Waals surface area contributed by atoms with Crippen LogP contribution in [0.2, 0.25) is 0 Å². The van der Waals surface area contributed by atoms with Gasteiger partial charge in [0.15, 0.2) is 0 Å². The molecule has 9 heteroatoms. The molecule has 3 heterocycles. The van der Waals surface area contributed by atoms with Crippen molar-refractivity contribution in [2.24, 2.45) is 11.8 Å². The van der Waals surface area contributed by atoms with E-state index in [1.165, 1.54) is 4.90 Å². The summed E-state index contributed by atoms with van der Waals surface area (Å²) in [6.45, 7) is 9.83. The zero-order valence-corrected chi connectivity index (χ0v) is 21.1. The van der Waals surface area contributed by atoms with Gasteiger partial charge >= 0.3 is 5.97 Å². The minimum absolute atomic E-state index is 0.109. The summed E-state index contributed by atoms with van der Waals surface area (Å²) in [5.41, 5.74) is -0.250. The monoisotopic (exact) mass is 487 g/mol. The van der Waals surface area contributed by atoms with Crippen molar-refractivity contribution in [3.63, 3.8) is 0 Å². The normalized spacial score (nSPS) is 30.9. The summed E-state index contributed by atoms with van der Waals surface area (Å²) in [6, 6.07) is 6.73. The van der Waals surface area contributed by atoms with Gasteiger partial charge in [0.25, 0.3) is 0 Å². The number of benzene rings is 1. The second-order valence-electron chi connectivity index (χ2n) is 9.80. The summed E-state index contributed by atoms with van der Waals surface area (Å²) in [5, 5.41) is 12.4. The number of nitrogens with zero attached hydrogens (tertiary/aromatic N) is 2. The highest BCUT2D eigenvalue weighted by Crippen LogP contribution is 2.63. The van der Waals surface area contributed by atoms with Crippen molar-refractivity contribution in [3.05, 3.63) is 24.3 Å². The molecule has 2 unspecified atom stereocenters. The van der Waals surface area contributed by atoms with E-state index in [-0.39, 0.29) is 31.6 Å². The fraction of sp³-hybridized carbons (Fsp3) is 0.654. The van der Waals surface area contributed by atoms with Gasteiger partial charge in [-0.05, 0) is 71.2 Å². The van der Waals surface area contributed by atoms with Crippen LogP contribution in [0.5, 0.6) is 0 Å². The molecular formula is C26H37N3O6. The smallest absolute Gasteiger partial charge is 0.312 e. The summed E-state index contributed by atoms with van der Waals surface area (Å²) in [4.78, 5) is 44.0. The molecule has 2 bridgehead atoms. The fourth-order valence-corrected chi connectivity index (χ4v) is 6.35. The molecule has 4 rings (SSSR count). The van der Waals surface area contributed by atoms with Gasteiger partial charge in [-0.2, -0.15) is 0 Å². The summed E-state index contributed by atoms with van der Waals surface area (Å²) >= 11 is 0. The van der Waals surface area contributed by atoms with E-state index in [0.717, 1.165) is 18.8 Å². The van der Waals surface area contributed by atoms with Crippen LogP contribution in [0.4, 0.5) is 11.4 Å². The molecule has 9 nitrogen and oxygen atoms in total. The topological polar surface area (TPSA) is 108 Å². The van der Waals surface area contributed by atoms with Gasteiger partial charge in [0, 0.05) is 37.6 Å². The van der Waals surface area contributed by atoms with Crippen LogP contribution in [0.3, 0.4) is 0 Å². The number of amides is 2. The van der Waals surface area contributed by atoms with Crippen molar-refractivity contribution in [2.75, 3.05) is 43.1 Å². The lowest BCUT2D eigenvalue weighted by atomic mass is 9.66. The Labute approximate surface area is 206 Å². The van der Waals surface area contributed by atoms with Gasteiger partial charge in [-0.25, -0.2) is 0 Å². The molecule has 3 aliphatic rings. The zero-order chi connectivity index (χ0) is 25.4. The highest BCUT2D eigenvalue weighted by molar-refractivity contribution is 6.03. The molecular weight excluding hydrogens is 450 g/mol. The van der Waals surface area contributed by atoms with Crippen LogP contribution in [-0.4, -0.2) is 77.9 Å². The third-order valence-corrected chi connectivity index (χ3v) is 7.89. The van der Waals surface area contributed by atoms with Crippen LogP contribution in [-0.2, 0) is 23.9 Å². The van der Waals surface area contributed by atoms with E-state index < -0.39 is 35.0 Å². The maximum atomic E-state index is 13.7. The van der Waals surface area contributed by atoms with Gasteiger partial charge in [-0.3, -0.25) is 14.4 Å². The Morgan fingerprint density at radius 3 is 2.49 bits per heavy atom. The van der Waals surface area contributed by atoms with Gasteiger partial charge in [-0.1, -0.05) is 0 Å². The number of likely N-dealkylation sites (tertiary alicyclic amines) is 1. The number of esters is 1. The van der Waals surface area contributed by atoms with Gasteiger partial charge in [0.2, 0.25) is 11.8 Å². The number of rotatable bonds is 10. The minimum atomic E-state index is -1.09. The summed E-state index contributed by atoms with van der Waals surface area (Å²) in [6.07, 6.45) is 1.40. The average molecular weight is 488 g/mol. The highest BCUT2D eigenvalue weighted by Gasteiger charge is 2.78. The van der Waals surface area contributed by atoms with E-state index in [1.54, 1.807) is 6.92 Å². The van der Waals surface area contributed by atoms with Crippen molar-refractivity contribution in [2.45, 2.75) is 64.2 Å². The number of carbonyl (C=O) groups is 3. The summed E-state index contributed by atoms with van der Waals surface area (Å²) in [5.74, 6) is -2.61. The number of aliphatic hydroxyl groups is 1. The van der Waals surface area contributed by atoms with Crippen molar-refractivity contribution in [1.29, 1.82) is 0 Å². The Morgan fingerprint density at radius 2 is 1.89 bits per heavy atom. The van der Waals surface area contributed by atoms with Crippen LogP contribution in [0.25, 0.3) is 0 Å². The van der Waals surface area contributed by atoms with Crippen LogP contribution in [0.15, 0.2) is 24.3 Å².